The van der Waals surface area contributed by atoms with Gasteiger partial charge in [-0.25, -0.2) is 0 Å². The lowest BCUT2D eigenvalue weighted by Crippen LogP contribution is -2.72. The minimum Gasteiger partial charge on any atom is -0.376 e. The van der Waals surface area contributed by atoms with Crippen molar-refractivity contribution in [1.29, 1.82) is 0 Å². The van der Waals surface area contributed by atoms with Crippen molar-refractivity contribution < 1.29 is 4.74 Å². The summed E-state index contributed by atoms with van der Waals surface area (Å²) in [6.45, 7) is 4.45. The largest absolute Gasteiger partial charge is 0.376 e. The summed E-state index contributed by atoms with van der Waals surface area (Å²) >= 11 is 0. The van der Waals surface area contributed by atoms with Crippen molar-refractivity contribution >= 4 is 0 Å². The highest BCUT2D eigenvalue weighted by Crippen LogP contribution is 2.43. The third kappa shape index (κ3) is 0.953. The number of hydrogen-bond donors (Lipinski definition) is 1. The quantitative estimate of drug-likeness (QED) is 0.629. The van der Waals surface area contributed by atoms with Crippen LogP contribution in [-0.4, -0.2) is 42.3 Å². The molecule has 5 atom stereocenters. The molecule has 3 heteroatoms. The van der Waals surface area contributed by atoms with Crippen molar-refractivity contribution in [3.05, 3.63) is 0 Å². The van der Waals surface area contributed by atoms with E-state index in [1.807, 2.05) is 0 Å². The standard InChI is InChI=1S/C10H18N2O/c1-6-2-4-12(6)9-8(11)7-3-5-13-10(7)9/h6-10H,2-5,11H2,1H3. The Hall–Kier alpha value is -0.120. The number of likely N-dealkylation sites (tertiary alicyclic amines) is 1. The predicted molar refractivity (Wildman–Crippen MR) is 50.4 cm³/mol. The van der Waals surface area contributed by atoms with Gasteiger partial charge in [0.25, 0.3) is 0 Å². The van der Waals surface area contributed by atoms with E-state index in [2.05, 4.69) is 11.8 Å². The van der Waals surface area contributed by atoms with Crippen molar-refractivity contribution in [2.75, 3.05) is 13.2 Å². The van der Waals surface area contributed by atoms with Crippen LogP contribution in [0.3, 0.4) is 0 Å². The van der Waals surface area contributed by atoms with Crippen LogP contribution in [0.4, 0.5) is 0 Å². The van der Waals surface area contributed by atoms with Crippen LogP contribution in [-0.2, 0) is 4.74 Å². The molecule has 0 bridgehead atoms. The molecule has 0 amide bonds. The summed E-state index contributed by atoms with van der Waals surface area (Å²) < 4.78 is 5.72. The highest BCUT2D eigenvalue weighted by atomic mass is 16.5. The van der Waals surface area contributed by atoms with Crippen molar-refractivity contribution in [1.82, 2.24) is 4.90 Å². The first-order valence-corrected chi connectivity index (χ1v) is 5.42. The Balaban J connectivity index is 1.71. The molecule has 3 fully saturated rings. The molecule has 2 saturated heterocycles. The van der Waals surface area contributed by atoms with Crippen LogP contribution < -0.4 is 5.73 Å². The van der Waals surface area contributed by atoms with Crippen LogP contribution in [0.15, 0.2) is 0 Å². The van der Waals surface area contributed by atoms with Gasteiger partial charge in [-0.2, -0.15) is 0 Å². The number of nitrogens with zero attached hydrogens (tertiary/aromatic N) is 1. The first kappa shape index (κ1) is 8.21. The maximum Gasteiger partial charge on any atom is 0.0789 e. The van der Waals surface area contributed by atoms with E-state index >= 15 is 0 Å². The van der Waals surface area contributed by atoms with Crippen molar-refractivity contribution in [2.24, 2.45) is 11.7 Å². The smallest absolute Gasteiger partial charge is 0.0789 e. The normalized spacial score (nSPS) is 55.4. The topological polar surface area (TPSA) is 38.5 Å². The van der Waals surface area contributed by atoms with Crippen LogP contribution >= 0.6 is 0 Å². The minimum atomic E-state index is 0.384. The summed E-state index contributed by atoms with van der Waals surface area (Å²) in [6.07, 6.45) is 2.99. The summed E-state index contributed by atoms with van der Waals surface area (Å²) in [5.41, 5.74) is 6.16. The monoisotopic (exact) mass is 182 g/mol. The summed E-state index contributed by atoms with van der Waals surface area (Å²) in [5, 5.41) is 0. The zero-order valence-electron chi connectivity index (χ0n) is 8.15. The molecule has 2 heterocycles. The molecule has 0 aromatic carbocycles. The Morgan fingerprint density at radius 2 is 2.23 bits per heavy atom. The van der Waals surface area contributed by atoms with Gasteiger partial charge in [-0.15, -0.1) is 0 Å². The lowest BCUT2D eigenvalue weighted by molar-refractivity contribution is -0.112. The summed E-state index contributed by atoms with van der Waals surface area (Å²) in [7, 11) is 0. The SMILES string of the molecule is CC1CCN1C1C(N)C2CCOC21. The molecule has 2 N–H and O–H groups in total. The van der Waals surface area contributed by atoms with Crippen LogP contribution in [0.25, 0.3) is 0 Å². The summed E-state index contributed by atoms with van der Waals surface area (Å²) in [5.74, 6) is 0.665. The zero-order chi connectivity index (χ0) is 9.00. The second-order valence-electron chi connectivity index (χ2n) is 4.73. The second kappa shape index (κ2) is 2.69. The van der Waals surface area contributed by atoms with E-state index in [4.69, 9.17) is 10.5 Å². The van der Waals surface area contributed by atoms with Crippen LogP contribution in [0, 0.1) is 5.92 Å². The van der Waals surface area contributed by atoms with E-state index in [-0.39, 0.29) is 0 Å². The van der Waals surface area contributed by atoms with E-state index in [9.17, 15) is 0 Å². The molecule has 0 aromatic heterocycles. The number of hydrogen-bond acceptors (Lipinski definition) is 3. The van der Waals surface area contributed by atoms with Gasteiger partial charge in [-0.1, -0.05) is 0 Å². The molecule has 0 radical (unpaired) electrons. The second-order valence-corrected chi connectivity index (χ2v) is 4.73. The Morgan fingerprint density at radius 1 is 1.38 bits per heavy atom. The lowest BCUT2D eigenvalue weighted by atomic mass is 9.70. The first-order valence-electron chi connectivity index (χ1n) is 5.42. The molecule has 0 aromatic rings. The third-order valence-electron chi connectivity index (χ3n) is 4.16. The Labute approximate surface area is 79.2 Å². The van der Waals surface area contributed by atoms with E-state index in [0.717, 1.165) is 12.6 Å². The van der Waals surface area contributed by atoms with Gasteiger partial charge < -0.3 is 10.5 Å². The molecule has 74 valence electrons. The summed E-state index contributed by atoms with van der Waals surface area (Å²) in [6, 6.07) is 1.66. The Morgan fingerprint density at radius 3 is 2.85 bits per heavy atom. The van der Waals surface area contributed by atoms with Crippen LogP contribution in [0.1, 0.15) is 19.8 Å². The third-order valence-corrected chi connectivity index (χ3v) is 4.16. The van der Waals surface area contributed by atoms with E-state index in [0.29, 0.717) is 24.1 Å². The highest BCUT2D eigenvalue weighted by molar-refractivity contribution is 5.11. The van der Waals surface area contributed by atoms with E-state index in [1.54, 1.807) is 0 Å². The molecular weight excluding hydrogens is 164 g/mol. The highest BCUT2D eigenvalue weighted by Gasteiger charge is 2.56. The average Bonchev–Trinajstić information content (AvgIpc) is 2.55. The van der Waals surface area contributed by atoms with Gasteiger partial charge in [-0.3, -0.25) is 4.90 Å². The molecule has 13 heavy (non-hydrogen) atoms. The predicted octanol–water partition coefficient (Wildman–Crippen LogP) is 0.195. The fourth-order valence-corrected chi connectivity index (χ4v) is 3.11. The number of nitrogens with two attached hydrogens (primary N) is 1. The maximum atomic E-state index is 6.16. The average molecular weight is 182 g/mol. The molecule has 1 aliphatic carbocycles. The fraction of sp³-hybridized carbons (Fsp3) is 1.00. The molecule has 3 nitrogen and oxygen atoms in total. The molecular formula is C10H18N2O. The van der Waals surface area contributed by atoms with Crippen molar-refractivity contribution in [3.63, 3.8) is 0 Å². The fourth-order valence-electron chi connectivity index (χ4n) is 3.11. The van der Waals surface area contributed by atoms with Gasteiger partial charge in [0.05, 0.1) is 12.1 Å². The zero-order valence-corrected chi connectivity index (χ0v) is 8.15. The van der Waals surface area contributed by atoms with Gasteiger partial charge in [-0.05, 0) is 19.8 Å². The van der Waals surface area contributed by atoms with E-state index < -0.39 is 0 Å². The van der Waals surface area contributed by atoms with Gasteiger partial charge in [0.1, 0.15) is 0 Å². The Bertz CT molecular complexity index is 219. The van der Waals surface area contributed by atoms with Crippen molar-refractivity contribution in [3.8, 4) is 0 Å². The lowest BCUT2D eigenvalue weighted by Gasteiger charge is -2.56. The van der Waals surface area contributed by atoms with E-state index in [1.165, 1.54) is 19.4 Å². The van der Waals surface area contributed by atoms with Crippen molar-refractivity contribution in [2.45, 2.75) is 44.0 Å². The molecule has 1 saturated carbocycles. The van der Waals surface area contributed by atoms with Gasteiger partial charge in [0.2, 0.25) is 0 Å². The van der Waals surface area contributed by atoms with Gasteiger partial charge in [0, 0.05) is 31.2 Å². The number of ether oxygens (including phenoxy) is 1. The molecule has 2 aliphatic heterocycles. The first-order chi connectivity index (χ1) is 6.29. The molecule has 5 unspecified atom stereocenters. The van der Waals surface area contributed by atoms with Crippen LogP contribution in [0.2, 0.25) is 0 Å². The minimum absolute atomic E-state index is 0.384. The molecule has 0 spiro atoms. The molecule has 3 rings (SSSR count). The van der Waals surface area contributed by atoms with Crippen LogP contribution in [0.5, 0.6) is 0 Å². The summed E-state index contributed by atoms with van der Waals surface area (Å²) in [4.78, 5) is 2.52. The Kier molecular flexibility index (Phi) is 1.70. The number of rotatable bonds is 1. The number of fused-ring (bicyclic) bond motifs is 1. The molecule has 3 aliphatic rings. The van der Waals surface area contributed by atoms with Gasteiger partial charge in [0.15, 0.2) is 0 Å². The maximum absolute atomic E-state index is 6.16. The van der Waals surface area contributed by atoms with Gasteiger partial charge >= 0.3 is 0 Å².